The molecule has 2 heterocycles. The fourth-order valence-corrected chi connectivity index (χ4v) is 2.13. The third-order valence-corrected chi connectivity index (χ3v) is 3.41. The van der Waals surface area contributed by atoms with E-state index in [1.54, 1.807) is 13.8 Å². The van der Waals surface area contributed by atoms with Gasteiger partial charge in [-0.15, -0.1) is 5.10 Å². The van der Waals surface area contributed by atoms with Crippen molar-refractivity contribution in [2.75, 3.05) is 0 Å². The Bertz CT molecular complexity index is 624. The second-order valence-electron chi connectivity index (χ2n) is 4.35. The Kier molecular flexibility index (Phi) is 3.73. The van der Waals surface area contributed by atoms with E-state index in [-0.39, 0.29) is 5.82 Å². The summed E-state index contributed by atoms with van der Waals surface area (Å²) >= 11 is 0. The van der Waals surface area contributed by atoms with E-state index in [0.717, 1.165) is 6.20 Å². The Morgan fingerprint density at radius 2 is 2.10 bits per heavy atom. The molecule has 2 aromatic rings. The van der Waals surface area contributed by atoms with Gasteiger partial charge in [-0.25, -0.2) is 13.9 Å². The normalized spacial score (nSPS) is 11.6. The predicted molar refractivity (Wildman–Crippen MR) is 67.2 cm³/mol. The first-order valence-electron chi connectivity index (χ1n) is 6.18. The fraction of sp³-hybridized carbons (Fsp3) is 0.417. The molecule has 0 atom stereocenters. The van der Waals surface area contributed by atoms with Crippen molar-refractivity contribution in [2.24, 2.45) is 0 Å². The van der Waals surface area contributed by atoms with Crippen molar-refractivity contribution in [3.8, 4) is 11.4 Å². The highest BCUT2D eigenvalue weighted by molar-refractivity contribution is 5.77. The van der Waals surface area contributed by atoms with Crippen molar-refractivity contribution in [3.05, 3.63) is 24.3 Å². The van der Waals surface area contributed by atoms with E-state index in [4.69, 9.17) is 0 Å². The summed E-state index contributed by atoms with van der Waals surface area (Å²) in [7, 11) is 0. The van der Waals surface area contributed by atoms with E-state index < -0.39 is 17.3 Å². The van der Waals surface area contributed by atoms with Crippen molar-refractivity contribution in [3.63, 3.8) is 0 Å². The monoisotopic (exact) mass is 279 g/mol. The molecule has 0 aromatic carbocycles. The van der Waals surface area contributed by atoms with Crippen LogP contribution in [0.5, 0.6) is 0 Å². The third-order valence-electron chi connectivity index (χ3n) is 3.41. The quantitative estimate of drug-likeness (QED) is 0.890. The van der Waals surface area contributed by atoms with E-state index >= 15 is 0 Å². The smallest absolute Gasteiger partial charge is 0.331 e. The molecule has 2 aromatic heterocycles. The lowest BCUT2D eigenvalue weighted by atomic mass is 9.93. The Balaban J connectivity index is 2.60. The van der Waals surface area contributed by atoms with E-state index in [1.165, 1.54) is 16.9 Å². The molecule has 0 fully saturated rings. The molecule has 0 bridgehead atoms. The molecule has 20 heavy (non-hydrogen) atoms. The first kappa shape index (κ1) is 14.0. The van der Waals surface area contributed by atoms with Crippen molar-refractivity contribution in [1.29, 1.82) is 0 Å². The average molecular weight is 279 g/mol. The SMILES string of the molecule is CCC(CC)(C(=O)O)n1nnnc1-c1cncc(F)c1. The van der Waals surface area contributed by atoms with Crippen molar-refractivity contribution < 1.29 is 14.3 Å². The maximum Gasteiger partial charge on any atom is 0.331 e. The first-order valence-corrected chi connectivity index (χ1v) is 6.18. The number of pyridine rings is 1. The van der Waals surface area contributed by atoms with Gasteiger partial charge in [0.05, 0.1) is 6.20 Å². The van der Waals surface area contributed by atoms with Gasteiger partial charge >= 0.3 is 5.97 Å². The maximum absolute atomic E-state index is 13.3. The van der Waals surface area contributed by atoms with Crippen LogP contribution in [0.1, 0.15) is 26.7 Å². The van der Waals surface area contributed by atoms with Gasteiger partial charge in [-0.3, -0.25) is 4.98 Å². The molecule has 0 spiro atoms. The van der Waals surface area contributed by atoms with Crippen LogP contribution in [0.25, 0.3) is 11.4 Å². The number of halogens is 1. The van der Waals surface area contributed by atoms with Crippen LogP contribution in [-0.2, 0) is 10.3 Å². The summed E-state index contributed by atoms with van der Waals surface area (Å²) in [5.74, 6) is -1.38. The minimum Gasteiger partial charge on any atom is -0.479 e. The van der Waals surface area contributed by atoms with Crippen LogP contribution in [0.3, 0.4) is 0 Å². The number of tetrazole rings is 1. The van der Waals surface area contributed by atoms with Gasteiger partial charge in [0.2, 0.25) is 0 Å². The van der Waals surface area contributed by atoms with Crippen LogP contribution in [0.15, 0.2) is 18.5 Å². The zero-order valence-electron chi connectivity index (χ0n) is 11.1. The zero-order chi connectivity index (χ0) is 14.8. The molecule has 2 rings (SSSR count). The lowest BCUT2D eigenvalue weighted by Gasteiger charge is -2.27. The molecule has 0 amide bonds. The molecule has 106 valence electrons. The predicted octanol–water partition coefficient (Wildman–Crippen LogP) is 1.47. The van der Waals surface area contributed by atoms with Crippen LogP contribution in [0.2, 0.25) is 0 Å². The van der Waals surface area contributed by atoms with E-state index in [0.29, 0.717) is 18.4 Å². The molecule has 0 radical (unpaired) electrons. The molecule has 7 nitrogen and oxygen atoms in total. The molecular weight excluding hydrogens is 265 g/mol. The fourth-order valence-electron chi connectivity index (χ4n) is 2.13. The Labute approximate surface area is 114 Å². The van der Waals surface area contributed by atoms with Gasteiger partial charge in [-0.1, -0.05) is 13.8 Å². The summed E-state index contributed by atoms with van der Waals surface area (Å²) in [6, 6.07) is 1.22. The average Bonchev–Trinajstić information content (AvgIpc) is 2.90. The number of hydrogen-bond donors (Lipinski definition) is 1. The van der Waals surface area contributed by atoms with E-state index in [2.05, 4.69) is 20.5 Å². The van der Waals surface area contributed by atoms with Gasteiger partial charge in [0, 0.05) is 11.8 Å². The molecule has 0 aliphatic carbocycles. The van der Waals surface area contributed by atoms with Gasteiger partial charge < -0.3 is 5.11 Å². The summed E-state index contributed by atoms with van der Waals surface area (Å²) in [5.41, 5.74) is -0.923. The van der Waals surface area contributed by atoms with Gasteiger partial charge in [0.1, 0.15) is 5.82 Å². The summed E-state index contributed by atoms with van der Waals surface area (Å²) in [5, 5.41) is 20.6. The lowest BCUT2D eigenvalue weighted by Crippen LogP contribution is -2.42. The van der Waals surface area contributed by atoms with Crippen LogP contribution >= 0.6 is 0 Å². The molecule has 0 aliphatic rings. The number of aliphatic carboxylic acids is 1. The molecule has 0 saturated carbocycles. The number of carbonyl (C=O) groups is 1. The van der Waals surface area contributed by atoms with E-state index in [1.807, 2.05) is 0 Å². The number of carboxylic acid groups (broad SMARTS) is 1. The van der Waals surface area contributed by atoms with Crippen molar-refractivity contribution in [2.45, 2.75) is 32.2 Å². The molecule has 0 saturated heterocycles. The minimum absolute atomic E-state index is 0.183. The summed E-state index contributed by atoms with van der Waals surface area (Å²) in [4.78, 5) is 15.4. The number of nitrogens with zero attached hydrogens (tertiary/aromatic N) is 5. The Morgan fingerprint density at radius 3 is 2.65 bits per heavy atom. The summed E-state index contributed by atoms with van der Waals surface area (Å²) < 4.78 is 14.5. The molecular formula is C12H14FN5O2. The Hall–Kier alpha value is -2.38. The number of carboxylic acids is 1. The van der Waals surface area contributed by atoms with Crippen LogP contribution < -0.4 is 0 Å². The van der Waals surface area contributed by atoms with Gasteiger partial charge in [0.25, 0.3) is 0 Å². The first-order chi connectivity index (χ1) is 9.55. The van der Waals surface area contributed by atoms with E-state index in [9.17, 15) is 14.3 Å². The summed E-state index contributed by atoms with van der Waals surface area (Å²) in [6.45, 7) is 3.49. The van der Waals surface area contributed by atoms with Crippen LogP contribution in [-0.4, -0.2) is 36.3 Å². The second kappa shape index (κ2) is 5.32. The summed E-state index contributed by atoms with van der Waals surface area (Å²) in [6.07, 6.45) is 3.06. The number of hydrogen-bond acceptors (Lipinski definition) is 5. The van der Waals surface area contributed by atoms with Crippen LogP contribution in [0, 0.1) is 5.82 Å². The largest absolute Gasteiger partial charge is 0.479 e. The standard InChI is InChI=1S/C12H14FN5O2/c1-3-12(4-2,11(19)20)18-10(15-16-17-18)8-5-9(13)7-14-6-8/h5-7H,3-4H2,1-2H3,(H,19,20). The lowest BCUT2D eigenvalue weighted by molar-refractivity contribution is -0.148. The van der Waals surface area contributed by atoms with Crippen molar-refractivity contribution in [1.82, 2.24) is 25.2 Å². The third kappa shape index (κ3) is 2.13. The van der Waals surface area contributed by atoms with Gasteiger partial charge in [-0.05, 0) is 29.3 Å². The van der Waals surface area contributed by atoms with Crippen molar-refractivity contribution >= 4 is 5.97 Å². The highest BCUT2D eigenvalue weighted by Crippen LogP contribution is 2.29. The topological polar surface area (TPSA) is 93.8 Å². The number of aromatic nitrogens is 5. The van der Waals surface area contributed by atoms with Crippen LogP contribution in [0.4, 0.5) is 4.39 Å². The number of rotatable bonds is 5. The van der Waals surface area contributed by atoms with Gasteiger partial charge in [-0.2, -0.15) is 0 Å². The molecule has 8 heteroatoms. The van der Waals surface area contributed by atoms with Gasteiger partial charge in [0.15, 0.2) is 11.4 Å². The highest BCUT2D eigenvalue weighted by Gasteiger charge is 2.40. The second-order valence-corrected chi connectivity index (χ2v) is 4.35. The molecule has 0 unspecified atom stereocenters. The highest BCUT2D eigenvalue weighted by atomic mass is 19.1. The molecule has 1 N–H and O–H groups in total. The maximum atomic E-state index is 13.3. The molecule has 0 aliphatic heterocycles. The Morgan fingerprint density at radius 1 is 1.40 bits per heavy atom. The zero-order valence-corrected chi connectivity index (χ0v) is 11.1. The minimum atomic E-state index is -1.26.